The zero-order valence-electron chi connectivity index (χ0n) is 12.1. The van der Waals surface area contributed by atoms with Crippen molar-refractivity contribution in [2.75, 3.05) is 19.5 Å². The first-order valence-electron chi connectivity index (χ1n) is 6.49. The predicted molar refractivity (Wildman–Crippen MR) is 85.4 cm³/mol. The average Bonchev–Trinajstić information content (AvgIpc) is 2.48. The summed E-state index contributed by atoms with van der Waals surface area (Å²) in [7, 11) is 3.53. The molecule has 0 aliphatic carbocycles. The van der Waals surface area contributed by atoms with Crippen LogP contribution in [0.15, 0.2) is 22.7 Å². The maximum Gasteiger partial charge on any atom is 0.163 e. The molecule has 1 heterocycles. The molecule has 0 aliphatic rings. The van der Waals surface area contributed by atoms with Crippen molar-refractivity contribution < 1.29 is 4.74 Å². The van der Waals surface area contributed by atoms with Gasteiger partial charge in [0.1, 0.15) is 11.6 Å². The third-order valence-corrected chi connectivity index (χ3v) is 3.92. The Morgan fingerprint density at radius 2 is 2.05 bits per heavy atom. The monoisotopic (exact) mass is 335 g/mol. The first kappa shape index (κ1) is 14.8. The first-order valence-corrected chi connectivity index (χ1v) is 7.29. The van der Waals surface area contributed by atoms with Crippen LogP contribution in [0, 0.1) is 6.92 Å². The van der Waals surface area contributed by atoms with E-state index in [1.54, 1.807) is 7.11 Å². The van der Waals surface area contributed by atoms with E-state index in [4.69, 9.17) is 4.74 Å². The third kappa shape index (κ3) is 2.77. The number of nitrogens with zero attached hydrogens (tertiary/aromatic N) is 2. The van der Waals surface area contributed by atoms with Crippen molar-refractivity contribution in [2.24, 2.45) is 0 Å². The molecule has 2 aromatic rings. The Hall–Kier alpha value is -1.62. The number of rotatable bonds is 4. The van der Waals surface area contributed by atoms with Crippen LogP contribution in [0.3, 0.4) is 0 Å². The van der Waals surface area contributed by atoms with Gasteiger partial charge in [-0.1, -0.05) is 22.9 Å². The Morgan fingerprint density at radius 1 is 1.30 bits per heavy atom. The maximum absolute atomic E-state index is 5.28. The fourth-order valence-electron chi connectivity index (χ4n) is 2.07. The molecule has 0 saturated heterocycles. The number of aromatic nitrogens is 2. The summed E-state index contributed by atoms with van der Waals surface area (Å²) in [5.74, 6) is 2.35. The van der Waals surface area contributed by atoms with Gasteiger partial charge in [0, 0.05) is 28.3 Å². The molecule has 0 saturated carbocycles. The number of nitrogens with one attached hydrogen (secondary N) is 1. The van der Waals surface area contributed by atoms with Crippen molar-refractivity contribution >= 4 is 21.7 Å². The van der Waals surface area contributed by atoms with Gasteiger partial charge in [0.25, 0.3) is 0 Å². The summed E-state index contributed by atoms with van der Waals surface area (Å²) in [5.41, 5.74) is 3.07. The number of methoxy groups -OCH3 is 1. The van der Waals surface area contributed by atoms with Gasteiger partial charge in [-0.05, 0) is 31.5 Å². The van der Waals surface area contributed by atoms with E-state index >= 15 is 0 Å². The zero-order valence-corrected chi connectivity index (χ0v) is 13.7. The Labute approximate surface area is 127 Å². The highest BCUT2D eigenvalue weighted by molar-refractivity contribution is 9.10. The number of hydrogen-bond donors (Lipinski definition) is 1. The normalized spacial score (nSPS) is 10.4. The summed E-state index contributed by atoms with van der Waals surface area (Å²) < 4.78 is 6.23. The summed E-state index contributed by atoms with van der Waals surface area (Å²) >= 11 is 3.55. The molecule has 1 N–H and O–H groups in total. The lowest BCUT2D eigenvalue weighted by Gasteiger charge is -2.12. The predicted octanol–water partition coefficient (Wildman–Crippen LogP) is 3.83. The van der Waals surface area contributed by atoms with E-state index in [2.05, 4.69) is 38.1 Å². The molecule has 0 radical (unpaired) electrons. The Morgan fingerprint density at radius 3 is 2.65 bits per heavy atom. The summed E-state index contributed by atoms with van der Waals surface area (Å²) in [5, 5.41) is 3.13. The fraction of sp³-hybridized carbons (Fsp3) is 0.333. The minimum atomic E-state index is 0.697. The van der Waals surface area contributed by atoms with Crippen LogP contribution in [-0.2, 0) is 6.42 Å². The zero-order chi connectivity index (χ0) is 14.7. The lowest BCUT2D eigenvalue weighted by atomic mass is 10.1. The van der Waals surface area contributed by atoms with Crippen LogP contribution in [0.4, 0.5) is 5.82 Å². The summed E-state index contributed by atoms with van der Waals surface area (Å²) in [6.45, 7) is 4.13. The van der Waals surface area contributed by atoms with Crippen molar-refractivity contribution in [3.8, 4) is 17.1 Å². The fourth-order valence-corrected chi connectivity index (χ4v) is 2.50. The lowest BCUT2D eigenvalue weighted by molar-refractivity contribution is 0.415. The van der Waals surface area contributed by atoms with Crippen molar-refractivity contribution in [2.45, 2.75) is 20.3 Å². The van der Waals surface area contributed by atoms with Gasteiger partial charge in [0.05, 0.1) is 7.11 Å². The molecule has 5 heteroatoms. The highest BCUT2D eigenvalue weighted by atomic mass is 79.9. The molecule has 0 bridgehead atoms. The van der Waals surface area contributed by atoms with E-state index in [1.807, 2.05) is 32.2 Å². The quantitative estimate of drug-likeness (QED) is 0.922. The summed E-state index contributed by atoms with van der Waals surface area (Å²) in [4.78, 5) is 9.27. The van der Waals surface area contributed by atoms with Gasteiger partial charge >= 0.3 is 0 Å². The molecule has 4 nitrogen and oxygen atoms in total. The van der Waals surface area contributed by atoms with Crippen LogP contribution >= 0.6 is 15.9 Å². The molecule has 0 unspecified atom stereocenters. The lowest BCUT2D eigenvalue weighted by Crippen LogP contribution is -2.05. The highest BCUT2D eigenvalue weighted by Crippen LogP contribution is 2.31. The van der Waals surface area contributed by atoms with Crippen LogP contribution in [0.5, 0.6) is 5.75 Å². The van der Waals surface area contributed by atoms with Gasteiger partial charge < -0.3 is 10.1 Å². The van der Waals surface area contributed by atoms with E-state index in [-0.39, 0.29) is 0 Å². The number of benzene rings is 1. The van der Waals surface area contributed by atoms with E-state index in [9.17, 15) is 0 Å². The Kier molecular flexibility index (Phi) is 4.60. The topological polar surface area (TPSA) is 47.0 Å². The molecule has 0 fully saturated rings. The van der Waals surface area contributed by atoms with Crippen molar-refractivity contribution in [3.05, 3.63) is 33.9 Å². The molecular formula is C15H18BrN3O. The van der Waals surface area contributed by atoms with Gasteiger partial charge in [-0.2, -0.15) is 0 Å². The smallest absolute Gasteiger partial charge is 0.163 e. The van der Waals surface area contributed by atoms with E-state index in [1.165, 1.54) is 0 Å². The summed E-state index contributed by atoms with van der Waals surface area (Å²) in [6.07, 6.45) is 0.873. The van der Waals surface area contributed by atoms with Gasteiger partial charge in [-0.25, -0.2) is 9.97 Å². The van der Waals surface area contributed by atoms with Crippen molar-refractivity contribution in [1.82, 2.24) is 9.97 Å². The average molecular weight is 336 g/mol. The molecule has 0 aliphatic heterocycles. The van der Waals surface area contributed by atoms with E-state index in [0.29, 0.717) is 5.82 Å². The molecule has 1 aromatic carbocycles. The molecular weight excluding hydrogens is 318 g/mol. The second-order valence-electron chi connectivity index (χ2n) is 4.42. The van der Waals surface area contributed by atoms with Crippen LogP contribution in [-0.4, -0.2) is 24.1 Å². The molecule has 0 atom stereocenters. The third-order valence-electron chi connectivity index (χ3n) is 3.23. The van der Waals surface area contributed by atoms with Gasteiger partial charge in [-0.3, -0.25) is 0 Å². The van der Waals surface area contributed by atoms with Gasteiger partial charge in [-0.15, -0.1) is 0 Å². The number of hydrogen-bond acceptors (Lipinski definition) is 4. The maximum atomic E-state index is 5.28. The van der Waals surface area contributed by atoms with Gasteiger partial charge in [0.15, 0.2) is 5.82 Å². The number of anilines is 1. The largest absolute Gasteiger partial charge is 0.497 e. The highest BCUT2D eigenvalue weighted by Gasteiger charge is 2.13. The molecule has 0 amide bonds. The number of aryl methyl sites for hydroxylation is 1. The minimum absolute atomic E-state index is 0.697. The van der Waals surface area contributed by atoms with Crippen LogP contribution < -0.4 is 10.1 Å². The van der Waals surface area contributed by atoms with Crippen LogP contribution in [0.2, 0.25) is 0 Å². The van der Waals surface area contributed by atoms with E-state index in [0.717, 1.165) is 39.3 Å². The van der Waals surface area contributed by atoms with Crippen LogP contribution in [0.25, 0.3) is 11.4 Å². The molecule has 106 valence electrons. The minimum Gasteiger partial charge on any atom is -0.497 e. The Bertz CT molecular complexity index is 604. The summed E-state index contributed by atoms with van der Waals surface area (Å²) in [6, 6.07) is 5.79. The van der Waals surface area contributed by atoms with Crippen molar-refractivity contribution in [3.63, 3.8) is 0 Å². The van der Waals surface area contributed by atoms with Gasteiger partial charge in [0.2, 0.25) is 0 Å². The molecule has 1 aromatic heterocycles. The van der Waals surface area contributed by atoms with Crippen LogP contribution in [0.1, 0.15) is 18.2 Å². The van der Waals surface area contributed by atoms with Crippen molar-refractivity contribution in [1.29, 1.82) is 0 Å². The standard InChI is InChI=1S/C15H18BrN3O/c1-5-13-9(2)14(17-3)19-15(18-13)11-8-10(20-4)6-7-12(11)16/h6-8H,5H2,1-4H3,(H,17,18,19). The van der Waals surface area contributed by atoms with E-state index < -0.39 is 0 Å². The number of ether oxygens (including phenoxy) is 1. The first-order chi connectivity index (χ1) is 9.60. The second-order valence-corrected chi connectivity index (χ2v) is 5.27. The molecule has 20 heavy (non-hydrogen) atoms. The molecule has 2 rings (SSSR count). The Balaban J connectivity index is 2.63. The molecule has 0 spiro atoms. The SMILES string of the molecule is CCc1nc(-c2cc(OC)ccc2Br)nc(NC)c1C. The number of halogens is 1. The second kappa shape index (κ2) is 6.22.